The van der Waals surface area contributed by atoms with E-state index >= 15 is 0 Å². The summed E-state index contributed by atoms with van der Waals surface area (Å²) in [5, 5.41) is 8.99. The number of aliphatic hydroxyl groups excluding tert-OH is 1. The zero-order chi connectivity index (χ0) is 13.7. The summed E-state index contributed by atoms with van der Waals surface area (Å²) in [6, 6.07) is 13.6. The summed E-state index contributed by atoms with van der Waals surface area (Å²) in [7, 11) is 1.65. The number of thioether (sulfide) groups is 1. The zero-order valence-electron chi connectivity index (χ0n) is 10.8. The first-order chi connectivity index (χ1) is 9.22. The van der Waals surface area contributed by atoms with Gasteiger partial charge in [-0.05, 0) is 29.3 Å². The molecular formula is C15H17NO2S. The Morgan fingerprint density at radius 2 is 1.79 bits per heavy atom. The summed E-state index contributed by atoms with van der Waals surface area (Å²) in [6.07, 6.45) is 0. The lowest BCUT2D eigenvalue weighted by molar-refractivity contribution is 0.282. The van der Waals surface area contributed by atoms with Crippen LogP contribution in [0.4, 0.5) is 5.69 Å². The average Bonchev–Trinajstić information content (AvgIpc) is 2.47. The maximum Gasteiger partial charge on any atom is 0.120 e. The van der Waals surface area contributed by atoms with Gasteiger partial charge in [-0.25, -0.2) is 0 Å². The average molecular weight is 275 g/mol. The van der Waals surface area contributed by atoms with Gasteiger partial charge in [0, 0.05) is 16.3 Å². The Kier molecular flexibility index (Phi) is 4.71. The van der Waals surface area contributed by atoms with E-state index in [-0.39, 0.29) is 6.61 Å². The van der Waals surface area contributed by atoms with Gasteiger partial charge in [-0.1, -0.05) is 24.3 Å². The Morgan fingerprint density at radius 1 is 1.11 bits per heavy atom. The van der Waals surface area contributed by atoms with Crippen LogP contribution in [0.2, 0.25) is 0 Å². The molecule has 0 saturated heterocycles. The van der Waals surface area contributed by atoms with Gasteiger partial charge in [0.1, 0.15) is 5.75 Å². The molecule has 4 heteroatoms. The second-order valence-corrected chi connectivity index (χ2v) is 5.18. The zero-order valence-corrected chi connectivity index (χ0v) is 11.6. The van der Waals surface area contributed by atoms with E-state index in [1.54, 1.807) is 18.9 Å². The van der Waals surface area contributed by atoms with Crippen LogP contribution < -0.4 is 10.5 Å². The predicted octanol–water partition coefficient (Wildman–Crippen LogP) is 3.06. The van der Waals surface area contributed by atoms with E-state index < -0.39 is 0 Å². The Morgan fingerprint density at radius 3 is 2.42 bits per heavy atom. The van der Waals surface area contributed by atoms with Gasteiger partial charge in [0.05, 0.1) is 13.7 Å². The molecule has 0 atom stereocenters. The molecule has 0 saturated carbocycles. The molecule has 3 N–H and O–H groups in total. The summed E-state index contributed by atoms with van der Waals surface area (Å²) in [6.45, 7) is 0.0796. The number of aliphatic hydroxyl groups is 1. The van der Waals surface area contributed by atoms with Crippen LogP contribution in [-0.4, -0.2) is 12.2 Å². The monoisotopic (exact) mass is 275 g/mol. The second kappa shape index (κ2) is 6.50. The molecule has 0 bridgehead atoms. The highest BCUT2D eigenvalue weighted by atomic mass is 32.2. The molecule has 0 spiro atoms. The van der Waals surface area contributed by atoms with Crippen LogP contribution in [-0.2, 0) is 12.4 Å². The minimum Gasteiger partial charge on any atom is -0.497 e. The molecule has 2 rings (SSSR count). The highest BCUT2D eigenvalue weighted by molar-refractivity contribution is 7.98. The Labute approximate surface area is 117 Å². The number of anilines is 1. The number of methoxy groups -OCH3 is 1. The molecule has 0 amide bonds. The highest BCUT2D eigenvalue weighted by Crippen LogP contribution is 2.31. The molecule has 19 heavy (non-hydrogen) atoms. The fourth-order valence-corrected chi connectivity index (χ4v) is 2.62. The predicted molar refractivity (Wildman–Crippen MR) is 79.3 cm³/mol. The molecule has 2 aromatic carbocycles. The molecule has 0 fully saturated rings. The van der Waals surface area contributed by atoms with Crippen molar-refractivity contribution < 1.29 is 9.84 Å². The van der Waals surface area contributed by atoms with Gasteiger partial charge >= 0.3 is 0 Å². The maximum atomic E-state index is 8.99. The largest absolute Gasteiger partial charge is 0.497 e. The van der Waals surface area contributed by atoms with Crippen LogP contribution in [0.15, 0.2) is 47.4 Å². The fraction of sp³-hybridized carbons (Fsp3) is 0.200. The molecule has 0 unspecified atom stereocenters. The van der Waals surface area contributed by atoms with Gasteiger partial charge in [0.2, 0.25) is 0 Å². The summed E-state index contributed by atoms with van der Waals surface area (Å²) in [5.41, 5.74) is 8.83. The number of rotatable bonds is 5. The van der Waals surface area contributed by atoms with E-state index in [1.165, 1.54) is 5.56 Å². The van der Waals surface area contributed by atoms with Crippen LogP contribution >= 0.6 is 11.8 Å². The highest BCUT2D eigenvalue weighted by Gasteiger charge is 2.03. The van der Waals surface area contributed by atoms with E-state index in [0.717, 1.165) is 27.6 Å². The van der Waals surface area contributed by atoms with Gasteiger partial charge in [-0.2, -0.15) is 0 Å². The normalized spacial score (nSPS) is 10.4. The molecule has 3 nitrogen and oxygen atoms in total. The van der Waals surface area contributed by atoms with E-state index in [4.69, 9.17) is 15.6 Å². The number of nitrogen functional groups attached to an aromatic ring is 1. The van der Waals surface area contributed by atoms with Gasteiger partial charge in [-0.15, -0.1) is 11.8 Å². The van der Waals surface area contributed by atoms with E-state index in [0.29, 0.717) is 0 Å². The molecule has 100 valence electrons. The van der Waals surface area contributed by atoms with Crippen molar-refractivity contribution in [3.8, 4) is 5.75 Å². The molecule has 0 radical (unpaired) electrons. The molecule has 0 aliphatic carbocycles. The second-order valence-electron chi connectivity index (χ2n) is 4.17. The van der Waals surface area contributed by atoms with Crippen molar-refractivity contribution in [1.29, 1.82) is 0 Å². The molecule has 2 aromatic rings. The molecule has 0 heterocycles. The summed E-state index contributed by atoms with van der Waals surface area (Å²) in [4.78, 5) is 1.02. The maximum absolute atomic E-state index is 8.99. The topological polar surface area (TPSA) is 55.5 Å². The number of hydrogen-bond acceptors (Lipinski definition) is 4. The summed E-state index contributed by atoms with van der Waals surface area (Å²) < 4.78 is 5.20. The van der Waals surface area contributed by atoms with Gasteiger partial charge in [0.15, 0.2) is 0 Å². The lowest BCUT2D eigenvalue weighted by atomic mass is 10.2. The molecule has 0 aliphatic rings. The number of nitrogens with two attached hydrogens (primary N) is 1. The van der Waals surface area contributed by atoms with E-state index in [1.807, 2.05) is 42.5 Å². The van der Waals surface area contributed by atoms with Crippen molar-refractivity contribution in [2.75, 3.05) is 12.8 Å². The third-order valence-electron chi connectivity index (χ3n) is 2.82. The standard InChI is InChI=1S/C15H17NO2S/c1-18-13-6-7-14(16)15(8-13)19-10-12-4-2-11(9-17)3-5-12/h2-8,17H,9-10,16H2,1H3. The molecule has 0 aliphatic heterocycles. The van der Waals surface area contributed by atoms with E-state index in [2.05, 4.69) is 0 Å². The van der Waals surface area contributed by atoms with Crippen LogP contribution in [0.25, 0.3) is 0 Å². The van der Waals surface area contributed by atoms with Crippen molar-refractivity contribution in [3.63, 3.8) is 0 Å². The van der Waals surface area contributed by atoms with Crippen molar-refractivity contribution in [3.05, 3.63) is 53.6 Å². The third kappa shape index (κ3) is 3.66. The van der Waals surface area contributed by atoms with Crippen molar-refractivity contribution in [2.24, 2.45) is 0 Å². The van der Waals surface area contributed by atoms with Gasteiger partial charge in [-0.3, -0.25) is 0 Å². The lowest BCUT2D eigenvalue weighted by Crippen LogP contribution is -1.91. The quantitative estimate of drug-likeness (QED) is 0.650. The summed E-state index contributed by atoms with van der Waals surface area (Å²) >= 11 is 1.68. The minimum absolute atomic E-state index is 0.0796. The minimum atomic E-state index is 0.0796. The van der Waals surface area contributed by atoms with Crippen LogP contribution in [0.1, 0.15) is 11.1 Å². The number of ether oxygens (including phenoxy) is 1. The first kappa shape index (κ1) is 13.8. The Bertz CT molecular complexity index is 540. The van der Waals surface area contributed by atoms with Crippen LogP contribution in [0.5, 0.6) is 5.75 Å². The summed E-state index contributed by atoms with van der Waals surface area (Å²) in [5.74, 6) is 1.65. The Hall–Kier alpha value is -1.65. The Balaban J connectivity index is 2.05. The van der Waals surface area contributed by atoms with Crippen molar-refractivity contribution in [1.82, 2.24) is 0 Å². The first-order valence-electron chi connectivity index (χ1n) is 5.98. The van der Waals surface area contributed by atoms with Crippen molar-refractivity contribution >= 4 is 17.4 Å². The SMILES string of the molecule is COc1ccc(N)c(SCc2ccc(CO)cc2)c1. The molecule has 0 aromatic heterocycles. The number of benzene rings is 2. The molecular weight excluding hydrogens is 258 g/mol. The fourth-order valence-electron chi connectivity index (χ4n) is 1.67. The van der Waals surface area contributed by atoms with E-state index in [9.17, 15) is 0 Å². The smallest absolute Gasteiger partial charge is 0.120 e. The van der Waals surface area contributed by atoms with Gasteiger partial charge < -0.3 is 15.6 Å². The van der Waals surface area contributed by atoms with Crippen LogP contribution in [0.3, 0.4) is 0 Å². The third-order valence-corrected chi connectivity index (χ3v) is 3.96. The number of hydrogen-bond donors (Lipinski definition) is 2. The first-order valence-corrected chi connectivity index (χ1v) is 6.96. The van der Waals surface area contributed by atoms with Crippen LogP contribution in [0, 0.1) is 0 Å². The lowest BCUT2D eigenvalue weighted by Gasteiger charge is -2.08. The van der Waals surface area contributed by atoms with Gasteiger partial charge in [0.25, 0.3) is 0 Å². The van der Waals surface area contributed by atoms with Crippen molar-refractivity contribution in [2.45, 2.75) is 17.3 Å².